The van der Waals surface area contributed by atoms with Gasteiger partial charge < -0.3 is 56.1 Å². The summed E-state index contributed by atoms with van der Waals surface area (Å²) >= 11 is 0. The molecule has 1 aromatic heterocycles. The molecule has 2 aromatic carbocycles. The summed E-state index contributed by atoms with van der Waals surface area (Å²) in [5, 5.41) is 12.6. The van der Waals surface area contributed by atoms with Crippen molar-refractivity contribution in [2.24, 2.45) is 11.5 Å². The lowest BCUT2D eigenvalue weighted by Gasteiger charge is -2.27. The first-order valence-corrected chi connectivity index (χ1v) is 17.3. The molecule has 0 spiro atoms. The third-order valence-corrected chi connectivity index (χ3v) is 8.09. The van der Waals surface area contributed by atoms with E-state index in [9.17, 15) is 14.4 Å². The van der Waals surface area contributed by atoms with Crippen LogP contribution in [0.3, 0.4) is 0 Å². The Hall–Kier alpha value is -3.80. The number of rotatable bonds is 27. The normalized spacial score (nSPS) is 12.1. The van der Waals surface area contributed by atoms with Crippen molar-refractivity contribution in [2.45, 2.75) is 50.3 Å². The van der Waals surface area contributed by atoms with Crippen LogP contribution in [0.4, 0.5) is 5.69 Å². The fraction of sp³-hybridized carbons (Fsp3) is 0.455. The van der Waals surface area contributed by atoms with E-state index < -0.39 is 23.9 Å². The summed E-state index contributed by atoms with van der Waals surface area (Å²) in [6, 6.07) is 17.1. The highest BCUT2D eigenvalue weighted by atomic mass is 16.4. The maximum Gasteiger partial charge on any atom is 0.396 e. The number of hydrogen-bond acceptors (Lipinski definition) is 12. The Labute approximate surface area is 309 Å². The van der Waals surface area contributed by atoms with Gasteiger partial charge in [0.15, 0.2) is 0 Å². The van der Waals surface area contributed by atoms with Gasteiger partial charge in [0, 0.05) is 32.7 Å². The van der Waals surface area contributed by atoms with Crippen molar-refractivity contribution in [1.82, 2.24) is 25.7 Å². The standard InChI is InChI=1S/C33H49B4N8O7/c1-49-35-41-17-15-37(52-24-39)16-19-45(18-14-34-51-23-38)31(46)21-30(44-36-50-2)33(48)43-29(13-12-25-8-4-3-5-9-25)32(47)42-27-20-26-10-6-7-11-28(26)40-22-27/h3-11,20,22,29-30,41,44H,12-19,21,23-24,38-39H2,1-2H3,(H,42,47)(H,43,48)/t29-,30-/m0/s1. The molecule has 8 N–H and O–H groups in total. The van der Waals surface area contributed by atoms with Crippen LogP contribution in [0, 0.1) is 0 Å². The predicted molar refractivity (Wildman–Crippen MR) is 205 cm³/mol. The molecule has 3 radical (unpaired) electrons. The molecule has 0 aliphatic carbocycles. The van der Waals surface area contributed by atoms with Crippen LogP contribution in [0.2, 0.25) is 19.0 Å². The Morgan fingerprint density at radius 3 is 2.44 bits per heavy atom. The van der Waals surface area contributed by atoms with E-state index in [1.807, 2.05) is 60.7 Å². The SMILES string of the molecule is CO[B]NCCB(CCN(CC[B]OCN)C(=O)C[C@H](N[B]OC)C(=O)N[C@@H](CCc1ccccc1)C(=O)Nc1cnc2ccccc2c1)OCN. The minimum Gasteiger partial charge on any atom is -0.429 e. The summed E-state index contributed by atoms with van der Waals surface area (Å²) in [4.78, 5) is 47.5. The molecule has 0 aliphatic heterocycles. The first-order valence-electron chi connectivity index (χ1n) is 17.3. The molecule has 0 saturated carbocycles. The molecule has 1 heterocycles. The van der Waals surface area contributed by atoms with Crippen LogP contribution >= 0.6 is 0 Å². The van der Waals surface area contributed by atoms with E-state index in [1.165, 1.54) is 22.3 Å². The van der Waals surface area contributed by atoms with Gasteiger partial charge in [-0.1, -0.05) is 48.5 Å². The zero-order valence-electron chi connectivity index (χ0n) is 30.0. The van der Waals surface area contributed by atoms with E-state index in [0.29, 0.717) is 57.1 Å². The highest BCUT2D eigenvalue weighted by molar-refractivity contribution is 6.52. The third-order valence-electron chi connectivity index (χ3n) is 8.09. The molecule has 3 aromatic rings. The van der Waals surface area contributed by atoms with E-state index in [4.69, 9.17) is 30.1 Å². The number of hydrogen-bond donors (Lipinski definition) is 6. The monoisotopic (exact) mass is 713 g/mol. The average Bonchev–Trinajstić information content (AvgIpc) is 3.16. The van der Waals surface area contributed by atoms with Gasteiger partial charge in [0.05, 0.1) is 43.3 Å². The number of aryl methyl sites for hydroxylation is 1. The van der Waals surface area contributed by atoms with Gasteiger partial charge in [-0.15, -0.1) is 0 Å². The minimum absolute atomic E-state index is 0.0151. The number of fused-ring (bicyclic) bond motifs is 1. The van der Waals surface area contributed by atoms with Crippen LogP contribution in [0.1, 0.15) is 18.4 Å². The minimum atomic E-state index is -1.06. The third kappa shape index (κ3) is 15.8. The van der Waals surface area contributed by atoms with Gasteiger partial charge >= 0.3 is 15.2 Å². The average molecular weight is 713 g/mol. The van der Waals surface area contributed by atoms with Crippen molar-refractivity contribution in [1.29, 1.82) is 0 Å². The van der Waals surface area contributed by atoms with Gasteiger partial charge in [-0.3, -0.25) is 19.4 Å². The van der Waals surface area contributed by atoms with Gasteiger partial charge in [0.25, 0.3) is 14.4 Å². The highest BCUT2D eigenvalue weighted by Crippen LogP contribution is 2.17. The fourth-order valence-electron chi connectivity index (χ4n) is 5.40. The second kappa shape index (κ2) is 25.2. The molecule has 0 fully saturated rings. The Kier molecular flexibility index (Phi) is 20.7. The van der Waals surface area contributed by atoms with Crippen molar-refractivity contribution in [3.8, 4) is 0 Å². The lowest BCUT2D eigenvalue weighted by Crippen LogP contribution is -2.54. The summed E-state index contributed by atoms with van der Waals surface area (Å²) in [6.07, 6.45) is 3.72. The number of para-hydroxylation sites is 1. The van der Waals surface area contributed by atoms with Crippen molar-refractivity contribution in [3.63, 3.8) is 0 Å². The highest BCUT2D eigenvalue weighted by Gasteiger charge is 2.30. The maximum absolute atomic E-state index is 13.9. The molecule has 0 bridgehead atoms. The van der Waals surface area contributed by atoms with E-state index in [-0.39, 0.29) is 32.7 Å². The number of amides is 3. The molecule has 52 heavy (non-hydrogen) atoms. The van der Waals surface area contributed by atoms with Gasteiger partial charge in [-0.25, -0.2) is 0 Å². The maximum atomic E-state index is 13.9. The van der Waals surface area contributed by atoms with E-state index in [1.54, 1.807) is 25.7 Å². The molecule has 0 unspecified atom stereocenters. The first-order chi connectivity index (χ1) is 25.4. The number of carbonyl (C=O) groups is 3. The number of nitrogens with one attached hydrogen (secondary N) is 4. The Morgan fingerprint density at radius 1 is 0.923 bits per heavy atom. The fourth-order valence-corrected chi connectivity index (χ4v) is 5.40. The topological polar surface area (TPSA) is 204 Å². The molecule has 19 heteroatoms. The molecular weight excluding hydrogens is 664 g/mol. The van der Waals surface area contributed by atoms with Crippen LogP contribution in [0.5, 0.6) is 0 Å². The Morgan fingerprint density at radius 2 is 1.69 bits per heavy atom. The van der Waals surface area contributed by atoms with Crippen molar-refractivity contribution >= 4 is 63.9 Å². The second-order valence-electron chi connectivity index (χ2n) is 11.8. The van der Waals surface area contributed by atoms with Gasteiger partial charge in [0.2, 0.25) is 17.7 Å². The molecule has 3 rings (SSSR count). The number of benzene rings is 2. The first kappa shape index (κ1) is 42.6. The Balaban J connectivity index is 1.75. The van der Waals surface area contributed by atoms with Crippen molar-refractivity contribution in [3.05, 3.63) is 72.4 Å². The molecule has 0 aliphatic rings. The van der Waals surface area contributed by atoms with Crippen molar-refractivity contribution < 1.29 is 33.0 Å². The second-order valence-corrected chi connectivity index (χ2v) is 11.8. The number of carbonyl (C=O) groups excluding carboxylic acids is 3. The smallest absolute Gasteiger partial charge is 0.396 e. The van der Waals surface area contributed by atoms with E-state index in [0.717, 1.165) is 16.5 Å². The number of nitrogens with two attached hydrogens (primary N) is 2. The lowest BCUT2D eigenvalue weighted by molar-refractivity contribution is -0.135. The summed E-state index contributed by atoms with van der Waals surface area (Å²) in [6.45, 7) is 1.04. The number of aromatic nitrogens is 1. The zero-order chi connectivity index (χ0) is 37.4. The quantitative estimate of drug-likeness (QED) is 0.0359. The summed E-state index contributed by atoms with van der Waals surface area (Å²) in [5.74, 6) is -1.26. The number of pyridine rings is 1. The van der Waals surface area contributed by atoms with Gasteiger partial charge in [0.1, 0.15) is 6.04 Å². The molecule has 275 valence electrons. The van der Waals surface area contributed by atoms with Crippen LogP contribution in [-0.4, -0.2) is 117 Å². The van der Waals surface area contributed by atoms with Crippen LogP contribution in [0.15, 0.2) is 66.9 Å². The number of nitrogens with zero attached hydrogens (tertiary/aromatic N) is 2. The zero-order valence-corrected chi connectivity index (χ0v) is 30.0. The molecule has 3 amide bonds. The summed E-state index contributed by atoms with van der Waals surface area (Å²) in [5.41, 5.74) is 13.4. The summed E-state index contributed by atoms with van der Waals surface area (Å²) < 4.78 is 20.9. The van der Waals surface area contributed by atoms with E-state index in [2.05, 4.69) is 26.1 Å². The number of anilines is 1. The molecule has 2 atom stereocenters. The molecular formula is C33H49B4N8O7. The van der Waals surface area contributed by atoms with Crippen LogP contribution in [-0.2, 0) is 39.4 Å². The Bertz CT molecular complexity index is 1490. The van der Waals surface area contributed by atoms with Gasteiger partial charge in [-0.05, 0) is 56.0 Å². The van der Waals surface area contributed by atoms with E-state index >= 15 is 0 Å². The van der Waals surface area contributed by atoms with Crippen molar-refractivity contribution in [2.75, 3.05) is 52.6 Å². The predicted octanol–water partition coefficient (Wildman–Crippen LogP) is 0.313. The molecule has 15 nitrogen and oxygen atoms in total. The van der Waals surface area contributed by atoms with Crippen LogP contribution in [0.25, 0.3) is 10.9 Å². The largest absolute Gasteiger partial charge is 0.429 e. The van der Waals surface area contributed by atoms with Crippen LogP contribution < -0.4 is 32.6 Å². The summed E-state index contributed by atoms with van der Waals surface area (Å²) in [7, 11) is 7.23. The van der Waals surface area contributed by atoms with Gasteiger partial charge in [-0.2, -0.15) is 0 Å². The lowest BCUT2D eigenvalue weighted by atomic mass is 9.61. The molecule has 0 saturated heterocycles.